The number of carbonyl (C=O) groups excluding carboxylic acids is 2. The Labute approximate surface area is 227 Å². The number of carbonyl (C=O) groups is 2. The second-order valence-electron chi connectivity index (χ2n) is 8.93. The van der Waals surface area contributed by atoms with E-state index in [0.717, 1.165) is 5.56 Å². The highest BCUT2D eigenvalue weighted by atomic mass is 79.9. The van der Waals surface area contributed by atoms with Crippen LogP contribution in [0.2, 0.25) is 0 Å². The van der Waals surface area contributed by atoms with Crippen LogP contribution in [0.3, 0.4) is 0 Å². The lowest BCUT2D eigenvalue weighted by Crippen LogP contribution is -2.30. The standard InChI is InChI=1S/C28H33FN2O5.BrH/c1-6-34-22-15-19-16-31(27(30)24(19)25(29)26(22)36-8-3)17-21(32)18-10-9-11-20(14-18)28(4,5)13-12-23(33)35-7-2;/h9-15,30H,6-8,16-17H2,1-5H3;1H. The van der Waals surface area contributed by atoms with Crippen LogP contribution in [-0.4, -0.2) is 48.9 Å². The molecule has 2 aromatic carbocycles. The van der Waals surface area contributed by atoms with Crippen molar-refractivity contribution in [3.05, 3.63) is 70.6 Å². The van der Waals surface area contributed by atoms with Gasteiger partial charge in [0.2, 0.25) is 0 Å². The predicted molar refractivity (Wildman–Crippen MR) is 146 cm³/mol. The molecule has 1 heterocycles. The number of nitrogens with zero attached hydrogens (tertiary/aromatic N) is 1. The summed E-state index contributed by atoms with van der Waals surface area (Å²) in [5.41, 5.74) is 1.51. The number of benzene rings is 2. The van der Waals surface area contributed by atoms with Crippen LogP contribution in [0.4, 0.5) is 4.39 Å². The van der Waals surface area contributed by atoms with Crippen LogP contribution in [-0.2, 0) is 21.5 Å². The maximum atomic E-state index is 15.3. The number of rotatable bonds is 11. The van der Waals surface area contributed by atoms with Gasteiger partial charge in [-0.3, -0.25) is 10.2 Å². The number of esters is 1. The Morgan fingerprint density at radius 2 is 1.81 bits per heavy atom. The van der Waals surface area contributed by atoms with E-state index in [1.54, 1.807) is 56.0 Å². The van der Waals surface area contributed by atoms with Gasteiger partial charge in [-0.25, -0.2) is 9.18 Å². The van der Waals surface area contributed by atoms with E-state index in [4.69, 9.17) is 19.6 Å². The van der Waals surface area contributed by atoms with Gasteiger partial charge >= 0.3 is 5.97 Å². The summed E-state index contributed by atoms with van der Waals surface area (Å²) in [5, 5.41) is 8.54. The van der Waals surface area contributed by atoms with Gasteiger partial charge < -0.3 is 19.1 Å². The predicted octanol–water partition coefficient (Wildman–Crippen LogP) is 5.62. The van der Waals surface area contributed by atoms with Crippen molar-refractivity contribution in [1.82, 2.24) is 4.90 Å². The van der Waals surface area contributed by atoms with E-state index >= 15 is 4.39 Å². The number of hydrogen-bond donors (Lipinski definition) is 1. The molecule has 0 saturated carbocycles. The fourth-order valence-corrected chi connectivity index (χ4v) is 4.08. The van der Waals surface area contributed by atoms with Crippen LogP contribution >= 0.6 is 17.0 Å². The van der Waals surface area contributed by atoms with E-state index in [9.17, 15) is 9.59 Å². The number of amidine groups is 1. The lowest BCUT2D eigenvalue weighted by Gasteiger charge is -2.22. The van der Waals surface area contributed by atoms with E-state index in [-0.39, 0.29) is 59.6 Å². The lowest BCUT2D eigenvalue weighted by atomic mass is 9.83. The molecular formula is C28H34BrFN2O5. The number of hydrogen-bond acceptors (Lipinski definition) is 6. The number of ether oxygens (including phenoxy) is 3. The zero-order chi connectivity index (χ0) is 26.5. The number of nitrogens with one attached hydrogen (secondary N) is 1. The molecule has 0 unspecified atom stereocenters. The van der Waals surface area contributed by atoms with Gasteiger partial charge in [0.1, 0.15) is 5.84 Å². The van der Waals surface area contributed by atoms with Crippen molar-refractivity contribution >= 4 is 34.6 Å². The molecule has 7 nitrogen and oxygen atoms in total. The summed E-state index contributed by atoms with van der Waals surface area (Å²) in [6.45, 7) is 10.2. The third kappa shape index (κ3) is 6.77. The average Bonchev–Trinajstić information content (AvgIpc) is 3.15. The normalized spacial score (nSPS) is 12.8. The molecule has 1 aliphatic heterocycles. The van der Waals surface area contributed by atoms with E-state index in [2.05, 4.69) is 0 Å². The maximum Gasteiger partial charge on any atom is 0.330 e. The molecule has 0 aliphatic carbocycles. The maximum absolute atomic E-state index is 15.3. The minimum absolute atomic E-state index is 0. The van der Waals surface area contributed by atoms with Gasteiger partial charge in [0, 0.05) is 23.6 Å². The zero-order valence-electron chi connectivity index (χ0n) is 21.9. The largest absolute Gasteiger partial charge is 0.490 e. The first kappa shape index (κ1) is 30.0. The summed E-state index contributed by atoms with van der Waals surface area (Å²) < 4.78 is 31.3. The summed E-state index contributed by atoms with van der Waals surface area (Å²) >= 11 is 0. The van der Waals surface area contributed by atoms with Crippen molar-refractivity contribution < 1.29 is 28.2 Å². The van der Waals surface area contributed by atoms with Crippen molar-refractivity contribution in [1.29, 1.82) is 5.41 Å². The van der Waals surface area contributed by atoms with E-state index in [0.29, 0.717) is 30.1 Å². The van der Waals surface area contributed by atoms with Crippen LogP contribution < -0.4 is 9.47 Å². The molecule has 0 saturated heterocycles. The molecule has 0 aromatic heterocycles. The van der Waals surface area contributed by atoms with E-state index < -0.39 is 17.2 Å². The molecule has 200 valence electrons. The highest BCUT2D eigenvalue weighted by Gasteiger charge is 2.33. The molecule has 1 N–H and O–H groups in total. The third-order valence-corrected chi connectivity index (χ3v) is 5.96. The minimum Gasteiger partial charge on any atom is -0.490 e. The third-order valence-electron chi connectivity index (χ3n) is 5.96. The molecular weight excluding hydrogens is 543 g/mol. The highest BCUT2D eigenvalue weighted by Crippen LogP contribution is 2.39. The first-order valence-electron chi connectivity index (χ1n) is 12.1. The molecule has 1 aliphatic rings. The minimum atomic E-state index is -0.644. The van der Waals surface area contributed by atoms with Gasteiger partial charge in [-0.2, -0.15) is 0 Å². The highest BCUT2D eigenvalue weighted by molar-refractivity contribution is 8.93. The summed E-state index contributed by atoms with van der Waals surface area (Å²) in [5.74, 6) is -1.04. The molecule has 0 spiro atoms. The first-order valence-corrected chi connectivity index (χ1v) is 12.1. The van der Waals surface area contributed by atoms with E-state index in [1.165, 1.54) is 6.08 Å². The van der Waals surface area contributed by atoms with Crippen molar-refractivity contribution in [3.63, 3.8) is 0 Å². The van der Waals surface area contributed by atoms with Crippen molar-refractivity contribution in [3.8, 4) is 11.5 Å². The Morgan fingerprint density at radius 3 is 2.46 bits per heavy atom. The Hall–Kier alpha value is -3.20. The molecule has 0 radical (unpaired) electrons. The smallest absolute Gasteiger partial charge is 0.330 e. The Kier molecular flexibility index (Phi) is 10.4. The van der Waals surface area contributed by atoms with Gasteiger partial charge in [-0.15, -0.1) is 17.0 Å². The van der Waals surface area contributed by atoms with Crippen LogP contribution in [0.1, 0.15) is 61.7 Å². The van der Waals surface area contributed by atoms with Crippen LogP contribution in [0, 0.1) is 11.2 Å². The molecule has 9 heteroatoms. The van der Waals surface area contributed by atoms with Crippen molar-refractivity contribution in [2.24, 2.45) is 0 Å². The Balaban J connectivity index is 0.00000481. The zero-order valence-corrected chi connectivity index (χ0v) is 23.6. The molecule has 0 atom stereocenters. The molecule has 0 bridgehead atoms. The van der Waals surface area contributed by atoms with Crippen molar-refractivity contribution in [2.45, 2.75) is 46.6 Å². The lowest BCUT2D eigenvalue weighted by molar-refractivity contribution is -0.137. The monoisotopic (exact) mass is 576 g/mol. The van der Waals surface area contributed by atoms with Gasteiger partial charge in [-0.1, -0.05) is 38.1 Å². The first-order chi connectivity index (χ1) is 17.1. The summed E-state index contributed by atoms with van der Waals surface area (Å²) in [7, 11) is 0. The number of Topliss-reactive ketones (excluding diaryl/α,β-unsaturated/α-hetero) is 1. The van der Waals surface area contributed by atoms with Crippen LogP contribution in [0.25, 0.3) is 0 Å². The topological polar surface area (TPSA) is 88.9 Å². The molecule has 3 rings (SSSR count). The van der Waals surface area contributed by atoms with Crippen molar-refractivity contribution in [2.75, 3.05) is 26.4 Å². The van der Waals surface area contributed by atoms with Crippen LogP contribution in [0.5, 0.6) is 11.5 Å². The molecule has 2 aromatic rings. The number of fused-ring (bicyclic) bond motifs is 1. The van der Waals surface area contributed by atoms with Gasteiger partial charge in [0.25, 0.3) is 0 Å². The fraction of sp³-hybridized carbons (Fsp3) is 0.393. The second kappa shape index (κ2) is 12.9. The Morgan fingerprint density at radius 1 is 1.11 bits per heavy atom. The number of allylic oxidation sites excluding steroid dienone is 1. The van der Waals surface area contributed by atoms with Gasteiger partial charge in [-0.05, 0) is 44.0 Å². The van der Waals surface area contributed by atoms with Gasteiger partial charge in [0.05, 0.1) is 31.9 Å². The molecule has 0 fully saturated rings. The summed E-state index contributed by atoms with van der Waals surface area (Å²) in [4.78, 5) is 26.4. The molecule has 0 amide bonds. The number of ketones is 1. The average molecular weight is 577 g/mol. The number of halogens is 2. The molecule has 37 heavy (non-hydrogen) atoms. The fourth-order valence-electron chi connectivity index (χ4n) is 4.08. The summed E-state index contributed by atoms with van der Waals surface area (Å²) in [6.07, 6.45) is 3.14. The van der Waals surface area contributed by atoms with Crippen LogP contribution in [0.15, 0.2) is 42.5 Å². The Bertz CT molecular complexity index is 1200. The quantitative estimate of drug-likeness (QED) is 0.212. The SMILES string of the molecule is Br.CCOC(=O)C=CC(C)(C)c1cccc(C(=O)CN2Cc3cc(OCC)c(OCC)c(F)c3C2=N)c1. The summed E-state index contributed by atoms with van der Waals surface area (Å²) in [6, 6.07) is 8.86. The second-order valence-corrected chi connectivity index (χ2v) is 8.93. The van der Waals surface area contributed by atoms with Gasteiger partial charge in [0.15, 0.2) is 23.1 Å². The van der Waals surface area contributed by atoms with E-state index in [1.807, 2.05) is 19.9 Å².